The van der Waals surface area contributed by atoms with Crippen molar-refractivity contribution in [1.82, 2.24) is 14.3 Å². The molecule has 0 spiro atoms. The fourth-order valence-electron chi connectivity index (χ4n) is 3.42. The van der Waals surface area contributed by atoms with Crippen molar-refractivity contribution in [1.29, 1.82) is 0 Å². The van der Waals surface area contributed by atoms with E-state index in [1.54, 1.807) is 24.3 Å². The van der Waals surface area contributed by atoms with E-state index in [2.05, 4.69) is 9.97 Å². The van der Waals surface area contributed by atoms with E-state index in [0.717, 1.165) is 5.56 Å². The Labute approximate surface area is 187 Å². The molecule has 0 amide bonds. The average Bonchev–Trinajstić information content (AvgIpc) is 2.75. The number of hydrogen-bond acceptors (Lipinski definition) is 6. The number of aromatic nitrogens is 2. The second kappa shape index (κ2) is 8.82. The molecule has 1 aliphatic rings. The van der Waals surface area contributed by atoms with Gasteiger partial charge in [-0.25, -0.2) is 13.4 Å². The summed E-state index contributed by atoms with van der Waals surface area (Å²) in [6, 6.07) is 16.0. The molecular formula is C22H23ClN4O3S. The summed E-state index contributed by atoms with van der Waals surface area (Å²) in [5.74, 6) is 2.46. The number of sulfonamides is 1. The third kappa shape index (κ3) is 4.81. The van der Waals surface area contributed by atoms with Gasteiger partial charge in [-0.3, -0.25) is 0 Å². The largest absolute Gasteiger partial charge is 0.439 e. The van der Waals surface area contributed by atoms with Crippen molar-refractivity contribution in [3.8, 4) is 11.6 Å². The number of piperazine rings is 1. The number of rotatable bonds is 5. The standard InChI is InChI=1S/C22H23ClN4O3S/c1-16-7-9-18(10-8-16)30-22-15-21(24-17(2)25-22)26-11-13-27(14-12-26)31(28,29)20-6-4-3-5-19(20)23/h3-10,15H,11-14H2,1-2H3. The van der Waals surface area contributed by atoms with Gasteiger partial charge in [-0.2, -0.15) is 9.29 Å². The fourth-order valence-corrected chi connectivity index (χ4v) is 5.33. The maximum Gasteiger partial charge on any atom is 0.244 e. The molecule has 0 saturated carbocycles. The van der Waals surface area contributed by atoms with Gasteiger partial charge in [-0.15, -0.1) is 0 Å². The molecule has 1 saturated heterocycles. The van der Waals surface area contributed by atoms with Gasteiger partial charge < -0.3 is 9.64 Å². The first-order valence-electron chi connectivity index (χ1n) is 9.93. The molecule has 1 aliphatic heterocycles. The predicted octanol–water partition coefficient (Wildman–Crippen LogP) is 4.05. The van der Waals surface area contributed by atoms with Crippen LogP contribution in [0.3, 0.4) is 0 Å². The van der Waals surface area contributed by atoms with Gasteiger partial charge in [-0.1, -0.05) is 41.4 Å². The number of anilines is 1. The van der Waals surface area contributed by atoms with Gasteiger partial charge in [0.25, 0.3) is 0 Å². The van der Waals surface area contributed by atoms with Crippen LogP contribution in [-0.4, -0.2) is 48.9 Å². The van der Waals surface area contributed by atoms with E-state index >= 15 is 0 Å². The second-order valence-electron chi connectivity index (χ2n) is 7.35. The van der Waals surface area contributed by atoms with Gasteiger partial charge in [0.1, 0.15) is 22.3 Å². The summed E-state index contributed by atoms with van der Waals surface area (Å²) in [6.07, 6.45) is 0. The zero-order valence-electron chi connectivity index (χ0n) is 17.3. The molecule has 9 heteroatoms. The lowest BCUT2D eigenvalue weighted by molar-refractivity contribution is 0.383. The Kier molecular flexibility index (Phi) is 6.13. The molecule has 0 atom stereocenters. The van der Waals surface area contributed by atoms with E-state index in [1.807, 2.05) is 43.0 Å². The van der Waals surface area contributed by atoms with Crippen molar-refractivity contribution in [3.63, 3.8) is 0 Å². The molecule has 0 bridgehead atoms. The molecule has 2 heterocycles. The summed E-state index contributed by atoms with van der Waals surface area (Å²) in [7, 11) is -3.64. The van der Waals surface area contributed by atoms with Gasteiger partial charge in [0, 0.05) is 32.2 Å². The van der Waals surface area contributed by atoms with Crippen LogP contribution in [0.2, 0.25) is 5.02 Å². The maximum atomic E-state index is 13.0. The van der Waals surface area contributed by atoms with Crippen molar-refractivity contribution >= 4 is 27.4 Å². The number of halogens is 1. The number of benzene rings is 2. The van der Waals surface area contributed by atoms with Crippen LogP contribution in [0.5, 0.6) is 11.6 Å². The molecule has 3 aromatic rings. The molecule has 4 rings (SSSR count). The normalized spacial score (nSPS) is 15.1. The predicted molar refractivity (Wildman–Crippen MR) is 120 cm³/mol. The van der Waals surface area contributed by atoms with E-state index in [4.69, 9.17) is 16.3 Å². The van der Waals surface area contributed by atoms with E-state index in [0.29, 0.717) is 49.5 Å². The van der Waals surface area contributed by atoms with Crippen molar-refractivity contribution in [3.05, 3.63) is 71.0 Å². The summed E-state index contributed by atoms with van der Waals surface area (Å²) in [5.41, 5.74) is 1.15. The summed E-state index contributed by atoms with van der Waals surface area (Å²) in [6.45, 7) is 5.51. The Balaban J connectivity index is 1.48. The Hall–Kier alpha value is -2.68. The van der Waals surface area contributed by atoms with E-state index < -0.39 is 10.0 Å². The molecule has 0 N–H and O–H groups in total. The molecule has 31 heavy (non-hydrogen) atoms. The molecule has 0 radical (unpaired) electrons. The van der Waals surface area contributed by atoms with Crippen LogP contribution in [0, 0.1) is 13.8 Å². The van der Waals surface area contributed by atoms with Gasteiger partial charge in [0.15, 0.2) is 0 Å². The van der Waals surface area contributed by atoms with Crippen LogP contribution in [0.1, 0.15) is 11.4 Å². The summed E-state index contributed by atoms with van der Waals surface area (Å²) in [5, 5.41) is 0.231. The van der Waals surface area contributed by atoms with Gasteiger partial charge >= 0.3 is 0 Å². The lowest BCUT2D eigenvalue weighted by atomic mass is 10.2. The Morgan fingerprint density at radius 1 is 0.935 bits per heavy atom. The Morgan fingerprint density at radius 2 is 1.61 bits per heavy atom. The highest BCUT2D eigenvalue weighted by Crippen LogP contribution is 2.27. The zero-order valence-corrected chi connectivity index (χ0v) is 18.9. The lowest BCUT2D eigenvalue weighted by Crippen LogP contribution is -2.49. The van der Waals surface area contributed by atoms with Crippen molar-refractivity contribution in [2.24, 2.45) is 0 Å². The molecule has 1 fully saturated rings. The van der Waals surface area contributed by atoms with Crippen LogP contribution in [0.25, 0.3) is 0 Å². The minimum atomic E-state index is -3.64. The minimum absolute atomic E-state index is 0.136. The van der Waals surface area contributed by atoms with Gasteiger partial charge in [0.05, 0.1) is 5.02 Å². The lowest BCUT2D eigenvalue weighted by Gasteiger charge is -2.34. The topological polar surface area (TPSA) is 75.6 Å². The zero-order chi connectivity index (χ0) is 22.0. The van der Waals surface area contributed by atoms with Crippen molar-refractivity contribution < 1.29 is 13.2 Å². The fraction of sp³-hybridized carbons (Fsp3) is 0.273. The molecule has 0 unspecified atom stereocenters. The number of aryl methyl sites for hydroxylation is 2. The van der Waals surface area contributed by atoms with E-state index in [1.165, 1.54) is 10.4 Å². The van der Waals surface area contributed by atoms with Crippen LogP contribution in [0.4, 0.5) is 5.82 Å². The van der Waals surface area contributed by atoms with Crippen molar-refractivity contribution in [2.45, 2.75) is 18.7 Å². The van der Waals surface area contributed by atoms with Crippen LogP contribution >= 0.6 is 11.6 Å². The third-order valence-corrected chi connectivity index (χ3v) is 7.46. The third-order valence-electron chi connectivity index (χ3n) is 5.06. The maximum absolute atomic E-state index is 13.0. The monoisotopic (exact) mass is 458 g/mol. The Morgan fingerprint density at radius 3 is 2.29 bits per heavy atom. The quantitative estimate of drug-likeness (QED) is 0.574. The molecule has 2 aromatic carbocycles. The van der Waals surface area contributed by atoms with Crippen LogP contribution < -0.4 is 9.64 Å². The highest BCUT2D eigenvalue weighted by Gasteiger charge is 2.30. The first-order valence-corrected chi connectivity index (χ1v) is 11.7. The summed E-state index contributed by atoms with van der Waals surface area (Å²) in [4.78, 5) is 11.1. The molecule has 0 aliphatic carbocycles. The molecular weight excluding hydrogens is 436 g/mol. The second-order valence-corrected chi connectivity index (χ2v) is 9.66. The summed E-state index contributed by atoms with van der Waals surface area (Å²) < 4.78 is 33.3. The first-order chi connectivity index (χ1) is 14.8. The van der Waals surface area contributed by atoms with Gasteiger partial charge in [-0.05, 0) is 38.1 Å². The number of hydrogen-bond donors (Lipinski definition) is 0. The average molecular weight is 459 g/mol. The van der Waals surface area contributed by atoms with Crippen molar-refractivity contribution in [2.75, 3.05) is 31.1 Å². The minimum Gasteiger partial charge on any atom is -0.439 e. The van der Waals surface area contributed by atoms with Crippen LogP contribution in [-0.2, 0) is 10.0 Å². The SMILES string of the molecule is Cc1ccc(Oc2cc(N3CCN(S(=O)(=O)c4ccccc4Cl)CC3)nc(C)n2)cc1. The molecule has 162 valence electrons. The molecule has 1 aromatic heterocycles. The summed E-state index contributed by atoms with van der Waals surface area (Å²) >= 11 is 6.12. The first kappa shape index (κ1) is 21.5. The highest BCUT2D eigenvalue weighted by atomic mass is 35.5. The van der Waals surface area contributed by atoms with E-state index in [-0.39, 0.29) is 9.92 Å². The Bertz CT molecular complexity index is 1180. The van der Waals surface area contributed by atoms with Crippen LogP contribution in [0.15, 0.2) is 59.5 Å². The van der Waals surface area contributed by atoms with Gasteiger partial charge in [0.2, 0.25) is 15.9 Å². The number of ether oxygens (including phenoxy) is 1. The van der Waals surface area contributed by atoms with E-state index in [9.17, 15) is 8.42 Å². The molecule has 7 nitrogen and oxygen atoms in total. The smallest absolute Gasteiger partial charge is 0.244 e. The highest BCUT2D eigenvalue weighted by molar-refractivity contribution is 7.89. The number of nitrogens with zero attached hydrogens (tertiary/aromatic N) is 4.